The minimum Gasteiger partial charge on any atom is -0.463 e. The van der Waals surface area contributed by atoms with Crippen LogP contribution in [-0.4, -0.2) is 48.2 Å². The molecule has 21 heavy (non-hydrogen) atoms. The molecule has 2 aliphatic rings. The van der Waals surface area contributed by atoms with Crippen molar-refractivity contribution >= 4 is 11.8 Å². The summed E-state index contributed by atoms with van der Waals surface area (Å²) >= 11 is 0. The number of anilines is 1. The van der Waals surface area contributed by atoms with Crippen molar-refractivity contribution in [3.8, 4) is 0 Å². The van der Waals surface area contributed by atoms with Gasteiger partial charge in [-0.15, -0.1) is 0 Å². The van der Waals surface area contributed by atoms with Crippen molar-refractivity contribution in [1.82, 2.24) is 15.3 Å². The molecule has 0 amide bonds. The molecule has 2 fully saturated rings. The Hall–Kier alpha value is -1.69. The van der Waals surface area contributed by atoms with Gasteiger partial charge in [-0.2, -0.15) is 0 Å². The molecule has 1 aromatic heterocycles. The minimum atomic E-state index is -0.482. The third kappa shape index (κ3) is 2.72. The first-order valence-electron chi connectivity index (χ1n) is 7.65. The van der Waals surface area contributed by atoms with Gasteiger partial charge in [0, 0.05) is 25.8 Å². The van der Waals surface area contributed by atoms with Gasteiger partial charge < -0.3 is 15.0 Å². The molecule has 0 atom stereocenters. The average Bonchev–Trinajstić information content (AvgIpc) is 2.55. The summed E-state index contributed by atoms with van der Waals surface area (Å²) < 4.78 is 4.72. The van der Waals surface area contributed by atoms with Crippen LogP contribution in [0.5, 0.6) is 0 Å². The maximum Gasteiger partial charge on any atom is 0.376 e. The zero-order chi connectivity index (χ0) is 14.7. The van der Waals surface area contributed by atoms with E-state index in [1.54, 1.807) is 6.20 Å². The fraction of sp³-hybridized carbons (Fsp3) is 0.667. The molecule has 1 N–H and O–H groups in total. The summed E-state index contributed by atoms with van der Waals surface area (Å²) in [5.74, 6) is 0.498. The number of carbonyl (C=O) groups excluding carboxylic acids is 1. The van der Waals surface area contributed by atoms with Crippen LogP contribution in [0.4, 0.5) is 5.82 Å². The maximum atomic E-state index is 11.6. The Bertz CT molecular complexity index is 506. The molecule has 0 unspecified atom stereocenters. The van der Waals surface area contributed by atoms with E-state index < -0.39 is 5.97 Å². The number of nitrogens with one attached hydrogen (secondary N) is 1. The van der Waals surface area contributed by atoms with Gasteiger partial charge in [-0.05, 0) is 18.9 Å². The standard InChI is InChI=1S/C15H22N4O2/c1-21-14(20)13-17-8-5-12(18-13)19-10-9-16-11-15(19)6-3-2-4-7-15/h5,8,16H,2-4,6-7,9-11H2,1H3. The lowest BCUT2D eigenvalue weighted by atomic mass is 9.79. The summed E-state index contributed by atoms with van der Waals surface area (Å²) in [4.78, 5) is 22.4. The molecular weight excluding hydrogens is 268 g/mol. The molecule has 6 heteroatoms. The molecule has 3 rings (SSSR count). The van der Waals surface area contributed by atoms with E-state index >= 15 is 0 Å². The van der Waals surface area contributed by atoms with E-state index in [1.807, 2.05) is 6.07 Å². The minimum absolute atomic E-state index is 0.137. The van der Waals surface area contributed by atoms with Crippen LogP contribution >= 0.6 is 0 Å². The lowest BCUT2D eigenvalue weighted by Crippen LogP contribution is -2.62. The molecule has 1 saturated carbocycles. The predicted octanol–water partition coefficient (Wildman–Crippen LogP) is 1.38. The van der Waals surface area contributed by atoms with Gasteiger partial charge in [0.25, 0.3) is 0 Å². The van der Waals surface area contributed by atoms with Crippen LogP contribution in [0.15, 0.2) is 12.3 Å². The van der Waals surface area contributed by atoms with Gasteiger partial charge >= 0.3 is 5.97 Å². The van der Waals surface area contributed by atoms with Crippen molar-refractivity contribution in [2.45, 2.75) is 37.6 Å². The average molecular weight is 290 g/mol. The zero-order valence-electron chi connectivity index (χ0n) is 12.5. The summed E-state index contributed by atoms with van der Waals surface area (Å²) in [5, 5.41) is 3.52. The van der Waals surface area contributed by atoms with Gasteiger partial charge in [0.2, 0.25) is 5.82 Å². The second-order valence-electron chi connectivity index (χ2n) is 5.84. The number of rotatable bonds is 2. The normalized spacial score (nSPS) is 21.3. The van der Waals surface area contributed by atoms with Gasteiger partial charge in [-0.25, -0.2) is 14.8 Å². The third-order valence-electron chi connectivity index (χ3n) is 4.61. The fourth-order valence-electron chi connectivity index (χ4n) is 3.55. The molecule has 0 aromatic carbocycles. The van der Waals surface area contributed by atoms with Crippen molar-refractivity contribution in [3.05, 3.63) is 18.1 Å². The first-order valence-corrected chi connectivity index (χ1v) is 7.65. The van der Waals surface area contributed by atoms with Gasteiger partial charge in [0.05, 0.1) is 12.6 Å². The lowest BCUT2D eigenvalue weighted by Gasteiger charge is -2.50. The molecule has 114 valence electrons. The Labute approximate surface area is 124 Å². The van der Waals surface area contributed by atoms with Crippen LogP contribution in [0.2, 0.25) is 0 Å². The van der Waals surface area contributed by atoms with Crippen molar-refractivity contribution in [3.63, 3.8) is 0 Å². The Morgan fingerprint density at radius 3 is 2.95 bits per heavy atom. The fourth-order valence-corrected chi connectivity index (χ4v) is 3.55. The van der Waals surface area contributed by atoms with Crippen LogP contribution in [0, 0.1) is 0 Å². The summed E-state index contributed by atoms with van der Waals surface area (Å²) in [6, 6.07) is 1.90. The number of hydrogen-bond acceptors (Lipinski definition) is 6. The van der Waals surface area contributed by atoms with E-state index in [0.717, 1.165) is 25.5 Å². The second kappa shape index (κ2) is 5.97. The Kier molecular flexibility index (Phi) is 4.05. The van der Waals surface area contributed by atoms with Crippen LogP contribution in [0.3, 0.4) is 0 Å². The highest BCUT2D eigenvalue weighted by Crippen LogP contribution is 2.36. The van der Waals surface area contributed by atoms with Crippen LogP contribution < -0.4 is 10.2 Å². The van der Waals surface area contributed by atoms with Gasteiger partial charge in [0.1, 0.15) is 5.82 Å². The molecule has 1 aliphatic heterocycles. The summed E-state index contributed by atoms with van der Waals surface area (Å²) in [6.07, 6.45) is 7.83. The topological polar surface area (TPSA) is 67.3 Å². The molecule has 0 radical (unpaired) electrons. The van der Waals surface area contributed by atoms with Gasteiger partial charge in [-0.1, -0.05) is 19.3 Å². The van der Waals surface area contributed by atoms with E-state index in [2.05, 4.69) is 20.2 Å². The van der Waals surface area contributed by atoms with Crippen molar-refractivity contribution in [2.75, 3.05) is 31.6 Å². The third-order valence-corrected chi connectivity index (χ3v) is 4.61. The Morgan fingerprint density at radius 2 is 2.19 bits per heavy atom. The summed E-state index contributed by atoms with van der Waals surface area (Å²) in [6.45, 7) is 2.85. The van der Waals surface area contributed by atoms with E-state index in [4.69, 9.17) is 4.74 Å². The van der Waals surface area contributed by atoms with Crippen LogP contribution in [-0.2, 0) is 4.74 Å². The highest BCUT2D eigenvalue weighted by Gasteiger charge is 2.40. The Balaban J connectivity index is 1.91. The number of piperazine rings is 1. The van der Waals surface area contributed by atoms with Crippen LogP contribution in [0.25, 0.3) is 0 Å². The Morgan fingerprint density at radius 1 is 1.38 bits per heavy atom. The smallest absolute Gasteiger partial charge is 0.376 e. The summed E-state index contributed by atoms with van der Waals surface area (Å²) in [7, 11) is 1.35. The van der Waals surface area contributed by atoms with Gasteiger partial charge in [-0.3, -0.25) is 0 Å². The molecule has 1 aliphatic carbocycles. The first kappa shape index (κ1) is 14.3. The zero-order valence-corrected chi connectivity index (χ0v) is 12.5. The number of ether oxygens (including phenoxy) is 1. The van der Waals surface area contributed by atoms with Crippen molar-refractivity contribution in [1.29, 1.82) is 0 Å². The molecule has 6 nitrogen and oxygen atoms in total. The maximum absolute atomic E-state index is 11.6. The number of nitrogens with zero attached hydrogens (tertiary/aromatic N) is 3. The molecule has 0 bridgehead atoms. The van der Waals surface area contributed by atoms with Crippen molar-refractivity contribution < 1.29 is 9.53 Å². The highest BCUT2D eigenvalue weighted by molar-refractivity contribution is 5.85. The predicted molar refractivity (Wildman–Crippen MR) is 79.4 cm³/mol. The summed E-state index contributed by atoms with van der Waals surface area (Å²) in [5.41, 5.74) is 0.137. The molecule has 1 spiro atoms. The number of esters is 1. The lowest BCUT2D eigenvalue weighted by molar-refractivity contribution is 0.0586. The molecule has 2 heterocycles. The molecule has 1 aromatic rings. The quantitative estimate of drug-likeness (QED) is 0.830. The molecule has 1 saturated heterocycles. The largest absolute Gasteiger partial charge is 0.463 e. The first-order chi connectivity index (χ1) is 10.2. The second-order valence-corrected chi connectivity index (χ2v) is 5.84. The van der Waals surface area contributed by atoms with E-state index in [0.29, 0.717) is 0 Å². The number of hydrogen-bond donors (Lipinski definition) is 1. The van der Waals surface area contributed by atoms with Crippen LogP contribution in [0.1, 0.15) is 42.7 Å². The molecular formula is C15H22N4O2. The van der Waals surface area contributed by atoms with E-state index in [1.165, 1.54) is 39.2 Å². The van der Waals surface area contributed by atoms with Crippen molar-refractivity contribution in [2.24, 2.45) is 0 Å². The highest BCUT2D eigenvalue weighted by atomic mass is 16.5. The number of methoxy groups -OCH3 is 1. The van der Waals surface area contributed by atoms with E-state index in [-0.39, 0.29) is 11.4 Å². The SMILES string of the molecule is COC(=O)c1nccc(N2CCNCC23CCCCC3)n1. The van der Waals surface area contributed by atoms with Gasteiger partial charge in [0.15, 0.2) is 0 Å². The monoisotopic (exact) mass is 290 g/mol. The number of carbonyl (C=O) groups is 1. The van der Waals surface area contributed by atoms with E-state index in [9.17, 15) is 4.79 Å². The number of aromatic nitrogens is 2.